The third kappa shape index (κ3) is 4.50. The summed E-state index contributed by atoms with van der Waals surface area (Å²) in [6.07, 6.45) is 2.07. The molecule has 2 rings (SSSR count). The number of benzene rings is 1. The summed E-state index contributed by atoms with van der Waals surface area (Å²) in [6.45, 7) is 6.77. The minimum atomic E-state index is 0.116. The minimum absolute atomic E-state index is 0.116. The molecule has 1 aromatic carbocycles. The van der Waals surface area contributed by atoms with E-state index in [0.29, 0.717) is 0 Å². The molecule has 1 heterocycles. The highest BCUT2D eigenvalue weighted by Crippen LogP contribution is 2.20. The summed E-state index contributed by atoms with van der Waals surface area (Å²) in [6, 6.07) is 8.17. The molecule has 4 heteroatoms. The van der Waals surface area contributed by atoms with E-state index in [9.17, 15) is 4.79 Å². The van der Waals surface area contributed by atoms with E-state index >= 15 is 0 Å². The molecule has 1 unspecified atom stereocenters. The first kappa shape index (κ1) is 15.3. The highest BCUT2D eigenvalue weighted by Gasteiger charge is 2.25. The highest BCUT2D eigenvalue weighted by molar-refractivity contribution is 6.30. The highest BCUT2D eigenvalue weighted by atomic mass is 35.5. The molecule has 0 aromatic heterocycles. The first-order valence-corrected chi connectivity index (χ1v) is 7.69. The van der Waals surface area contributed by atoms with Gasteiger partial charge in [-0.2, -0.15) is 0 Å². The Morgan fingerprint density at radius 1 is 1.50 bits per heavy atom. The van der Waals surface area contributed by atoms with Gasteiger partial charge < -0.3 is 5.32 Å². The lowest BCUT2D eigenvalue weighted by Gasteiger charge is -2.32. The van der Waals surface area contributed by atoms with Gasteiger partial charge in [-0.15, -0.1) is 0 Å². The van der Waals surface area contributed by atoms with Crippen LogP contribution in [0.15, 0.2) is 24.3 Å². The number of amides is 1. The summed E-state index contributed by atoms with van der Waals surface area (Å²) in [5.74, 6) is 0.307. The van der Waals surface area contributed by atoms with E-state index in [4.69, 9.17) is 11.6 Å². The summed E-state index contributed by atoms with van der Waals surface area (Å²) in [5.41, 5.74) is 1.21. The van der Waals surface area contributed by atoms with Gasteiger partial charge in [-0.1, -0.05) is 23.7 Å². The molecular weight excluding hydrogens is 272 g/mol. The normalized spacial score (nSPS) is 20.1. The minimum Gasteiger partial charge on any atom is -0.354 e. The van der Waals surface area contributed by atoms with Crippen LogP contribution in [-0.2, 0) is 11.3 Å². The maximum Gasteiger partial charge on any atom is 0.224 e. The zero-order valence-corrected chi connectivity index (χ0v) is 13.0. The fraction of sp³-hybridized carbons (Fsp3) is 0.562. The third-order valence-electron chi connectivity index (χ3n) is 3.60. The number of halogens is 1. The molecule has 0 bridgehead atoms. The van der Waals surface area contributed by atoms with Crippen molar-refractivity contribution in [2.45, 2.75) is 39.3 Å². The maximum atomic E-state index is 12.1. The van der Waals surface area contributed by atoms with E-state index in [1.807, 2.05) is 32.0 Å². The van der Waals surface area contributed by atoms with Crippen molar-refractivity contribution in [1.29, 1.82) is 0 Å². The Balaban J connectivity index is 1.92. The second-order valence-corrected chi connectivity index (χ2v) is 6.30. The van der Waals surface area contributed by atoms with E-state index in [2.05, 4.69) is 16.3 Å². The van der Waals surface area contributed by atoms with Gasteiger partial charge in [-0.25, -0.2) is 0 Å². The summed E-state index contributed by atoms with van der Waals surface area (Å²) >= 11 is 6.02. The van der Waals surface area contributed by atoms with Crippen LogP contribution in [-0.4, -0.2) is 29.9 Å². The number of likely N-dealkylation sites (tertiary alicyclic amines) is 1. The Kier molecular flexibility index (Phi) is 5.44. The molecule has 0 aliphatic carbocycles. The molecule has 1 aromatic rings. The van der Waals surface area contributed by atoms with Gasteiger partial charge in [0.15, 0.2) is 0 Å². The first-order valence-electron chi connectivity index (χ1n) is 7.32. The Morgan fingerprint density at radius 3 is 3.00 bits per heavy atom. The van der Waals surface area contributed by atoms with Crippen molar-refractivity contribution in [3.05, 3.63) is 34.9 Å². The maximum absolute atomic E-state index is 12.1. The van der Waals surface area contributed by atoms with Gasteiger partial charge in [0, 0.05) is 24.2 Å². The molecule has 1 aliphatic heterocycles. The van der Waals surface area contributed by atoms with Crippen LogP contribution in [0.25, 0.3) is 0 Å². The van der Waals surface area contributed by atoms with Crippen molar-refractivity contribution >= 4 is 17.5 Å². The van der Waals surface area contributed by atoms with Crippen LogP contribution in [0.4, 0.5) is 0 Å². The zero-order chi connectivity index (χ0) is 14.5. The molecule has 1 aliphatic rings. The van der Waals surface area contributed by atoms with Crippen LogP contribution >= 0.6 is 11.6 Å². The van der Waals surface area contributed by atoms with Gasteiger partial charge in [0.1, 0.15) is 0 Å². The van der Waals surface area contributed by atoms with Crippen LogP contribution in [0.1, 0.15) is 32.3 Å². The smallest absolute Gasteiger partial charge is 0.224 e. The van der Waals surface area contributed by atoms with Crippen molar-refractivity contribution in [3.8, 4) is 0 Å². The molecule has 3 nitrogen and oxygen atoms in total. The van der Waals surface area contributed by atoms with Crippen LogP contribution < -0.4 is 5.32 Å². The Labute approximate surface area is 126 Å². The Morgan fingerprint density at radius 2 is 2.30 bits per heavy atom. The largest absolute Gasteiger partial charge is 0.354 e. The van der Waals surface area contributed by atoms with E-state index in [1.165, 1.54) is 5.56 Å². The predicted molar refractivity (Wildman–Crippen MR) is 82.7 cm³/mol. The fourth-order valence-electron chi connectivity index (χ4n) is 2.71. The monoisotopic (exact) mass is 294 g/mol. The molecule has 1 amide bonds. The number of nitrogens with zero attached hydrogens (tertiary/aromatic N) is 1. The lowest BCUT2D eigenvalue weighted by atomic mass is 9.96. The number of rotatable bonds is 4. The van der Waals surface area contributed by atoms with Gasteiger partial charge in [0.2, 0.25) is 5.91 Å². The van der Waals surface area contributed by atoms with Crippen molar-refractivity contribution < 1.29 is 4.79 Å². The molecule has 1 saturated heterocycles. The van der Waals surface area contributed by atoms with Crippen LogP contribution in [0.5, 0.6) is 0 Å². The first-order chi connectivity index (χ1) is 9.54. The summed E-state index contributed by atoms with van der Waals surface area (Å²) in [4.78, 5) is 14.4. The molecule has 0 spiro atoms. The topological polar surface area (TPSA) is 32.3 Å². The summed E-state index contributed by atoms with van der Waals surface area (Å²) in [7, 11) is 0. The number of hydrogen-bond acceptors (Lipinski definition) is 2. The van der Waals surface area contributed by atoms with Crippen LogP contribution in [0, 0.1) is 5.92 Å². The Hall–Kier alpha value is -1.06. The number of piperidine rings is 1. The van der Waals surface area contributed by atoms with Gasteiger partial charge >= 0.3 is 0 Å². The molecule has 1 N–H and O–H groups in total. The van der Waals surface area contributed by atoms with E-state index in [-0.39, 0.29) is 17.9 Å². The molecule has 1 atom stereocenters. The van der Waals surface area contributed by atoms with Gasteiger partial charge in [-0.3, -0.25) is 9.69 Å². The number of nitrogens with one attached hydrogen (secondary N) is 1. The SMILES string of the molecule is CC(C)NC(=O)C1CCCN(Cc2cccc(Cl)c2)C1. The summed E-state index contributed by atoms with van der Waals surface area (Å²) in [5, 5.41) is 3.79. The van der Waals surface area contributed by atoms with Crippen LogP contribution in [0.2, 0.25) is 5.02 Å². The zero-order valence-electron chi connectivity index (χ0n) is 12.2. The van der Waals surface area contributed by atoms with Crippen molar-refractivity contribution in [2.24, 2.45) is 5.92 Å². The molecular formula is C16H23ClN2O. The fourth-order valence-corrected chi connectivity index (χ4v) is 2.92. The summed E-state index contributed by atoms with van der Waals surface area (Å²) < 4.78 is 0. The molecule has 1 fully saturated rings. The second-order valence-electron chi connectivity index (χ2n) is 5.87. The quantitative estimate of drug-likeness (QED) is 0.925. The van der Waals surface area contributed by atoms with E-state index in [1.54, 1.807) is 0 Å². The van der Waals surface area contributed by atoms with Gasteiger partial charge in [-0.05, 0) is 50.9 Å². The molecule has 110 valence electrons. The number of carbonyl (C=O) groups excluding carboxylic acids is 1. The van der Waals surface area contributed by atoms with Crippen molar-refractivity contribution in [3.63, 3.8) is 0 Å². The van der Waals surface area contributed by atoms with Gasteiger partial charge in [0.25, 0.3) is 0 Å². The van der Waals surface area contributed by atoms with E-state index in [0.717, 1.165) is 37.5 Å². The molecule has 0 saturated carbocycles. The third-order valence-corrected chi connectivity index (χ3v) is 3.84. The van der Waals surface area contributed by atoms with Crippen LogP contribution in [0.3, 0.4) is 0 Å². The lowest BCUT2D eigenvalue weighted by molar-refractivity contribution is -0.127. The standard InChI is InChI=1S/C16H23ClN2O/c1-12(2)18-16(20)14-6-4-8-19(11-14)10-13-5-3-7-15(17)9-13/h3,5,7,9,12,14H,4,6,8,10-11H2,1-2H3,(H,18,20). The number of hydrogen-bond donors (Lipinski definition) is 1. The average molecular weight is 295 g/mol. The van der Waals surface area contributed by atoms with Gasteiger partial charge in [0.05, 0.1) is 5.92 Å². The Bertz CT molecular complexity index is 462. The number of carbonyl (C=O) groups is 1. The second kappa shape index (κ2) is 7.09. The molecule has 0 radical (unpaired) electrons. The van der Waals surface area contributed by atoms with Crippen molar-refractivity contribution in [2.75, 3.05) is 13.1 Å². The predicted octanol–water partition coefficient (Wildman–Crippen LogP) is 3.08. The van der Waals surface area contributed by atoms with E-state index < -0.39 is 0 Å². The van der Waals surface area contributed by atoms with Crippen molar-refractivity contribution in [1.82, 2.24) is 10.2 Å². The average Bonchev–Trinajstić information content (AvgIpc) is 2.38. The lowest BCUT2D eigenvalue weighted by Crippen LogP contribution is -2.44. The molecule has 20 heavy (non-hydrogen) atoms.